The summed E-state index contributed by atoms with van der Waals surface area (Å²) in [5.74, 6) is 0. The van der Waals surface area contributed by atoms with Crippen molar-refractivity contribution >= 4 is 38.6 Å². The molecule has 1 N–H and O–H groups in total. The number of rotatable bonds is 6. The summed E-state index contributed by atoms with van der Waals surface area (Å²) in [4.78, 5) is 7.72. The number of aromatic nitrogens is 1. The predicted molar refractivity (Wildman–Crippen MR) is 92.5 cm³/mol. The Morgan fingerprint density at radius 1 is 1.43 bits per heavy atom. The van der Waals surface area contributed by atoms with Crippen LogP contribution in [-0.2, 0) is 17.6 Å². The van der Waals surface area contributed by atoms with Gasteiger partial charge < -0.3 is 10.1 Å². The maximum Gasteiger partial charge on any atom is 0.116 e. The lowest BCUT2D eigenvalue weighted by Gasteiger charge is -2.15. The van der Waals surface area contributed by atoms with Crippen LogP contribution < -0.4 is 5.32 Å². The van der Waals surface area contributed by atoms with Crippen molar-refractivity contribution in [3.8, 4) is 0 Å². The first kappa shape index (κ1) is 15.6. The molecule has 21 heavy (non-hydrogen) atoms. The van der Waals surface area contributed by atoms with E-state index in [4.69, 9.17) is 9.72 Å². The summed E-state index contributed by atoms with van der Waals surface area (Å²) >= 11 is 7.31. The van der Waals surface area contributed by atoms with Gasteiger partial charge in [-0.05, 0) is 53.1 Å². The van der Waals surface area contributed by atoms with Gasteiger partial charge in [0.05, 0.1) is 18.3 Å². The normalized spacial score (nSPS) is 15.9. The van der Waals surface area contributed by atoms with Crippen LogP contribution in [0.15, 0.2) is 15.9 Å². The lowest BCUT2D eigenvalue weighted by Crippen LogP contribution is -2.25. The third-order valence-electron chi connectivity index (χ3n) is 3.67. The molecule has 0 spiro atoms. The van der Waals surface area contributed by atoms with Crippen LogP contribution in [0.3, 0.4) is 0 Å². The highest BCUT2D eigenvalue weighted by Crippen LogP contribution is 2.37. The molecule has 0 fully saturated rings. The van der Waals surface area contributed by atoms with E-state index in [1.807, 2.05) is 11.3 Å². The Hall–Kier alpha value is -0.270. The van der Waals surface area contributed by atoms with Crippen molar-refractivity contribution in [2.24, 2.45) is 0 Å². The molecule has 6 heteroatoms. The summed E-state index contributed by atoms with van der Waals surface area (Å²) in [6.07, 6.45) is 4.92. The quantitative estimate of drug-likeness (QED) is 0.756. The summed E-state index contributed by atoms with van der Waals surface area (Å²) < 4.78 is 6.33. The van der Waals surface area contributed by atoms with Crippen LogP contribution in [0.1, 0.15) is 39.3 Å². The Labute approximate surface area is 141 Å². The zero-order valence-corrected chi connectivity index (χ0v) is 15.2. The molecular weight excluding hydrogens is 368 g/mol. The smallest absolute Gasteiger partial charge is 0.116 e. The predicted octanol–water partition coefficient (Wildman–Crippen LogP) is 4.17. The highest BCUT2D eigenvalue weighted by Gasteiger charge is 2.24. The Balaban J connectivity index is 1.87. The van der Waals surface area contributed by atoms with Gasteiger partial charge >= 0.3 is 0 Å². The van der Waals surface area contributed by atoms with Crippen LogP contribution in [0, 0.1) is 0 Å². The van der Waals surface area contributed by atoms with E-state index >= 15 is 0 Å². The van der Waals surface area contributed by atoms with Gasteiger partial charge in [0.1, 0.15) is 5.01 Å². The molecule has 1 aliphatic rings. The van der Waals surface area contributed by atoms with E-state index in [-0.39, 0.29) is 6.04 Å². The zero-order valence-electron chi connectivity index (χ0n) is 12.0. The van der Waals surface area contributed by atoms with Crippen LogP contribution in [0.5, 0.6) is 0 Å². The third kappa shape index (κ3) is 3.56. The Morgan fingerprint density at radius 2 is 2.29 bits per heavy atom. The number of hydrogen-bond acceptors (Lipinski definition) is 5. The molecule has 1 unspecified atom stereocenters. The summed E-state index contributed by atoms with van der Waals surface area (Å²) in [7, 11) is 1.74. The van der Waals surface area contributed by atoms with E-state index in [2.05, 4.69) is 32.7 Å². The fraction of sp³-hybridized carbons (Fsp3) is 0.533. The third-order valence-corrected chi connectivity index (χ3v) is 6.83. The van der Waals surface area contributed by atoms with Gasteiger partial charge in [-0.2, -0.15) is 0 Å². The van der Waals surface area contributed by atoms with E-state index in [0.29, 0.717) is 6.61 Å². The molecule has 114 valence electrons. The fourth-order valence-electron chi connectivity index (χ4n) is 2.60. The highest BCUT2D eigenvalue weighted by atomic mass is 79.9. The Morgan fingerprint density at radius 3 is 3.00 bits per heavy atom. The number of aryl methyl sites for hydroxylation is 2. The lowest BCUT2D eigenvalue weighted by molar-refractivity contribution is 0.197. The number of ether oxygens (including phenoxy) is 1. The number of nitrogens with zero attached hydrogens (tertiary/aromatic N) is 1. The van der Waals surface area contributed by atoms with Gasteiger partial charge in [-0.25, -0.2) is 4.98 Å². The van der Waals surface area contributed by atoms with E-state index < -0.39 is 0 Å². The number of thiazole rings is 1. The fourth-order valence-corrected chi connectivity index (χ4v) is 5.60. The van der Waals surface area contributed by atoms with Crippen molar-refractivity contribution in [2.45, 2.75) is 31.7 Å². The number of nitrogens with one attached hydrogen (secondary N) is 1. The van der Waals surface area contributed by atoms with Crippen molar-refractivity contribution in [3.63, 3.8) is 0 Å². The Kier molecular flexibility index (Phi) is 5.45. The SMILES string of the molecule is COCCNC(c1nc2c(s1)CCCC2)c1sccc1Br. The molecule has 3 nitrogen and oxygen atoms in total. The largest absolute Gasteiger partial charge is 0.383 e. The molecule has 2 aromatic heterocycles. The number of methoxy groups -OCH3 is 1. The average molecular weight is 387 g/mol. The number of halogens is 1. The van der Waals surface area contributed by atoms with Gasteiger partial charge in [0.25, 0.3) is 0 Å². The summed E-state index contributed by atoms with van der Waals surface area (Å²) in [6, 6.07) is 2.28. The average Bonchev–Trinajstić information content (AvgIpc) is 3.10. The van der Waals surface area contributed by atoms with E-state index in [1.165, 1.54) is 39.7 Å². The molecule has 0 aromatic carbocycles. The monoisotopic (exact) mass is 386 g/mol. The first-order valence-corrected chi connectivity index (χ1v) is 9.72. The maximum atomic E-state index is 5.17. The van der Waals surface area contributed by atoms with Gasteiger partial charge in [0, 0.05) is 27.9 Å². The molecular formula is C15H19BrN2OS2. The maximum absolute atomic E-state index is 5.17. The number of fused-ring (bicyclic) bond motifs is 1. The van der Waals surface area contributed by atoms with Crippen LogP contribution in [-0.4, -0.2) is 25.2 Å². The molecule has 0 saturated carbocycles. The minimum atomic E-state index is 0.171. The van der Waals surface area contributed by atoms with Gasteiger partial charge in [-0.3, -0.25) is 0 Å². The molecule has 0 bridgehead atoms. The van der Waals surface area contributed by atoms with E-state index in [1.54, 1.807) is 18.4 Å². The second kappa shape index (κ2) is 7.33. The van der Waals surface area contributed by atoms with Gasteiger partial charge in [-0.1, -0.05) is 0 Å². The molecule has 0 saturated heterocycles. The standard InChI is InChI=1S/C15H19BrN2OS2/c1-19-8-7-17-13(14-10(16)6-9-20-14)15-18-11-4-2-3-5-12(11)21-15/h6,9,13,17H,2-5,7-8H2,1H3. The van der Waals surface area contributed by atoms with Crippen molar-refractivity contribution in [1.82, 2.24) is 10.3 Å². The van der Waals surface area contributed by atoms with Crippen LogP contribution in [0.4, 0.5) is 0 Å². The number of hydrogen-bond donors (Lipinski definition) is 1. The lowest BCUT2D eigenvalue weighted by atomic mass is 10.0. The summed E-state index contributed by atoms with van der Waals surface area (Å²) in [6.45, 7) is 1.54. The van der Waals surface area contributed by atoms with Gasteiger partial charge in [-0.15, -0.1) is 22.7 Å². The summed E-state index contributed by atoms with van der Waals surface area (Å²) in [5.41, 5.74) is 1.33. The molecule has 2 heterocycles. The minimum Gasteiger partial charge on any atom is -0.383 e. The van der Waals surface area contributed by atoms with Crippen molar-refractivity contribution in [2.75, 3.05) is 20.3 Å². The van der Waals surface area contributed by atoms with Crippen molar-refractivity contribution < 1.29 is 4.74 Å². The van der Waals surface area contributed by atoms with Crippen molar-refractivity contribution in [1.29, 1.82) is 0 Å². The molecule has 0 aliphatic heterocycles. The minimum absolute atomic E-state index is 0.171. The topological polar surface area (TPSA) is 34.1 Å². The van der Waals surface area contributed by atoms with Crippen LogP contribution >= 0.6 is 38.6 Å². The molecule has 0 radical (unpaired) electrons. The molecule has 1 atom stereocenters. The number of thiophene rings is 1. The Bertz CT molecular complexity index is 573. The molecule has 2 aromatic rings. The van der Waals surface area contributed by atoms with Gasteiger partial charge in [0.15, 0.2) is 0 Å². The van der Waals surface area contributed by atoms with Crippen LogP contribution in [0.2, 0.25) is 0 Å². The second-order valence-electron chi connectivity index (χ2n) is 5.14. The zero-order chi connectivity index (χ0) is 14.7. The second-order valence-corrected chi connectivity index (χ2v) is 8.06. The van der Waals surface area contributed by atoms with Gasteiger partial charge in [0.2, 0.25) is 0 Å². The first-order valence-electron chi connectivity index (χ1n) is 7.23. The van der Waals surface area contributed by atoms with Crippen molar-refractivity contribution in [3.05, 3.63) is 36.4 Å². The van der Waals surface area contributed by atoms with E-state index in [9.17, 15) is 0 Å². The molecule has 0 amide bonds. The highest BCUT2D eigenvalue weighted by molar-refractivity contribution is 9.10. The molecule has 3 rings (SSSR count). The molecule has 1 aliphatic carbocycles. The summed E-state index contributed by atoms with van der Waals surface area (Å²) in [5, 5.41) is 6.91. The first-order chi connectivity index (χ1) is 10.3. The van der Waals surface area contributed by atoms with Crippen LogP contribution in [0.25, 0.3) is 0 Å². The van der Waals surface area contributed by atoms with E-state index in [0.717, 1.165) is 17.4 Å².